The molecule has 4 rings (SSSR count). The molecular weight excluding hydrogens is 314 g/mol. The summed E-state index contributed by atoms with van der Waals surface area (Å²) in [4.78, 5) is 26.8. The third kappa shape index (κ3) is 2.64. The fourth-order valence-electron chi connectivity index (χ4n) is 3.38. The minimum atomic E-state index is -2.68. The SMILES string of the molecule is O=C(C1CC(F)(F)C1)N1CCc2ncnc(-c3ccncc3)c2C1. The van der Waals surface area contributed by atoms with Gasteiger partial charge in [-0.1, -0.05) is 0 Å². The molecule has 24 heavy (non-hydrogen) atoms. The molecule has 0 bridgehead atoms. The van der Waals surface area contributed by atoms with Crippen molar-refractivity contribution in [3.63, 3.8) is 0 Å². The van der Waals surface area contributed by atoms with Crippen LogP contribution in [0.4, 0.5) is 8.78 Å². The topological polar surface area (TPSA) is 59.0 Å². The van der Waals surface area contributed by atoms with E-state index >= 15 is 0 Å². The summed E-state index contributed by atoms with van der Waals surface area (Å²) in [5.41, 5.74) is 3.50. The van der Waals surface area contributed by atoms with E-state index in [0.29, 0.717) is 19.5 Å². The van der Waals surface area contributed by atoms with E-state index in [1.807, 2.05) is 12.1 Å². The summed E-state index contributed by atoms with van der Waals surface area (Å²) in [6.45, 7) is 0.884. The molecule has 2 aromatic rings. The van der Waals surface area contributed by atoms with Crippen molar-refractivity contribution in [2.45, 2.75) is 31.7 Å². The maximum absolute atomic E-state index is 13.0. The molecule has 7 heteroatoms. The van der Waals surface area contributed by atoms with Crippen LogP contribution >= 0.6 is 0 Å². The Balaban J connectivity index is 1.59. The van der Waals surface area contributed by atoms with Crippen LogP contribution in [0.2, 0.25) is 0 Å². The quantitative estimate of drug-likeness (QED) is 0.849. The van der Waals surface area contributed by atoms with Gasteiger partial charge in [-0.15, -0.1) is 0 Å². The summed E-state index contributed by atoms with van der Waals surface area (Å²) < 4.78 is 26.1. The number of carbonyl (C=O) groups is 1. The molecule has 0 N–H and O–H groups in total. The molecule has 1 amide bonds. The number of aromatic nitrogens is 3. The van der Waals surface area contributed by atoms with Gasteiger partial charge in [-0.3, -0.25) is 9.78 Å². The average Bonchev–Trinajstić information content (AvgIpc) is 2.58. The fourth-order valence-corrected chi connectivity index (χ4v) is 3.38. The van der Waals surface area contributed by atoms with Gasteiger partial charge in [0.15, 0.2) is 0 Å². The number of alkyl halides is 2. The first kappa shape index (κ1) is 15.1. The highest BCUT2D eigenvalue weighted by molar-refractivity contribution is 5.80. The molecule has 0 unspecified atom stereocenters. The zero-order valence-corrected chi connectivity index (χ0v) is 13.0. The van der Waals surface area contributed by atoms with E-state index in [2.05, 4.69) is 15.0 Å². The standard InChI is InChI=1S/C17H16F2N4O/c18-17(19)7-12(8-17)16(24)23-6-3-14-13(9-23)15(22-10-21-14)11-1-4-20-5-2-11/h1-2,4-5,10,12H,3,6-9H2. The zero-order valence-electron chi connectivity index (χ0n) is 13.0. The maximum Gasteiger partial charge on any atom is 0.249 e. The molecule has 2 aliphatic rings. The van der Waals surface area contributed by atoms with Gasteiger partial charge in [-0.05, 0) is 12.1 Å². The number of rotatable bonds is 2. The molecule has 2 aromatic heterocycles. The lowest BCUT2D eigenvalue weighted by atomic mass is 9.80. The minimum absolute atomic E-state index is 0.184. The fraction of sp³-hybridized carbons (Fsp3) is 0.412. The van der Waals surface area contributed by atoms with Crippen molar-refractivity contribution in [3.8, 4) is 11.3 Å². The van der Waals surface area contributed by atoms with Crippen LogP contribution in [-0.4, -0.2) is 38.2 Å². The van der Waals surface area contributed by atoms with Gasteiger partial charge < -0.3 is 4.90 Å². The Labute approximate surface area is 137 Å². The lowest BCUT2D eigenvalue weighted by Crippen LogP contribution is -2.48. The first-order valence-corrected chi connectivity index (χ1v) is 7.93. The number of fused-ring (bicyclic) bond motifs is 1. The van der Waals surface area contributed by atoms with E-state index in [9.17, 15) is 13.6 Å². The summed E-state index contributed by atoms with van der Waals surface area (Å²) in [6, 6.07) is 3.71. The van der Waals surface area contributed by atoms with Gasteiger partial charge in [0.2, 0.25) is 11.8 Å². The molecule has 0 radical (unpaired) electrons. The zero-order chi connectivity index (χ0) is 16.7. The highest BCUT2D eigenvalue weighted by Gasteiger charge is 2.50. The predicted molar refractivity (Wildman–Crippen MR) is 82.1 cm³/mol. The molecule has 0 saturated heterocycles. The van der Waals surface area contributed by atoms with Crippen LogP contribution in [0.5, 0.6) is 0 Å². The van der Waals surface area contributed by atoms with Crippen molar-refractivity contribution >= 4 is 5.91 Å². The van der Waals surface area contributed by atoms with Gasteiger partial charge in [-0.25, -0.2) is 18.7 Å². The number of pyridine rings is 1. The number of carbonyl (C=O) groups excluding carboxylic acids is 1. The van der Waals surface area contributed by atoms with Crippen molar-refractivity contribution in [1.29, 1.82) is 0 Å². The van der Waals surface area contributed by atoms with E-state index in [1.54, 1.807) is 17.3 Å². The number of nitrogens with zero attached hydrogens (tertiary/aromatic N) is 4. The van der Waals surface area contributed by atoms with Crippen LogP contribution in [-0.2, 0) is 17.8 Å². The Morgan fingerprint density at radius 1 is 1.21 bits per heavy atom. The third-order valence-corrected chi connectivity index (χ3v) is 4.71. The molecular formula is C17H16F2N4O. The van der Waals surface area contributed by atoms with E-state index in [4.69, 9.17) is 0 Å². The van der Waals surface area contributed by atoms with Gasteiger partial charge in [-0.2, -0.15) is 0 Å². The lowest BCUT2D eigenvalue weighted by Gasteiger charge is -2.38. The van der Waals surface area contributed by atoms with Crippen LogP contribution in [0.25, 0.3) is 11.3 Å². The van der Waals surface area contributed by atoms with Gasteiger partial charge >= 0.3 is 0 Å². The summed E-state index contributed by atoms with van der Waals surface area (Å²) in [6.07, 6.45) is 4.84. The largest absolute Gasteiger partial charge is 0.338 e. The molecule has 124 valence electrons. The normalized spacial score (nSPS) is 19.5. The monoisotopic (exact) mass is 330 g/mol. The number of halogens is 2. The molecule has 1 aliphatic carbocycles. The highest BCUT2D eigenvalue weighted by Crippen LogP contribution is 2.43. The smallest absolute Gasteiger partial charge is 0.249 e. The number of amides is 1. The Bertz CT molecular complexity index is 773. The Hall–Kier alpha value is -2.44. The maximum atomic E-state index is 13.0. The van der Waals surface area contributed by atoms with E-state index < -0.39 is 11.8 Å². The van der Waals surface area contributed by atoms with E-state index in [0.717, 1.165) is 22.5 Å². The number of hydrogen-bond donors (Lipinski definition) is 0. The predicted octanol–water partition coefficient (Wildman–Crippen LogP) is 2.47. The van der Waals surface area contributed by atoms with Crippen LogP contribution < -0.4 is 0 Å². The molecule has 0 aromatic carbocycles. The number of hydrogen-bond acceptors (Lipinski definition) is 4. The first-order valence-electron chi connectivity index (χ1n) is 7.93. The Morgan fingerprint density at radius 3 is 2.67 bits per heavy atom. The molecule has 3 heterocycles. The molecule has 5 nitrogen and oxygen atoms in total. The Morgan fingerprint density at radius 2 is 1.96 bits per heavy atom. The van der Waals surface area contributed by atoms with Gasteiger partial charge in [0.1, 0.15) is 6.33 Å². The third-order valence-electron chi connectivity index (χ3n) is 4.71. The van der Waals surface area contributed by atoms with Crippen LogP contribution in [0.1, 0.15) is 24.1 Å². The van der Waals surface area contributed by atoms with Gasteiger partial charge in [0.25, 0.3) is 0 Å². The first-order chi connectivity index (χ1) is 11.5. The van der Waals surface area contributed by atoms with Gasteiger partial charge in [0, 0.05) is 61.8 Å². The summed E-state index contributed by atoms with van der Waals surface area (Å²) in [7, 11) is 0. The van der Waals surface area contributed by atoms with Crippen LogP contribution in [0, 0.1) is 5.92 Å². The summed E-state index contributed by atoms with van der Waals surface area (Å²) >= 11 is 0. The van der Waals surface area contributed by atoms with Crippen molar-refractivity contribution in [3.05, 3.63) is 42.1 Å². The minimum Gasteiger partial charge on any atom is -0.338 e. The second-order valence-electron chi connectivity index (χ2n) is 6.35. The summed E-state index contributed by atoms with van der Waals surface area (Å²) in [5.74, 6) is -3.43. The lowest BCUT2D eigenvalue weighted by molar-refractivity contribution is -0.160. The van der Waals surface area contributed by atoms with Crippen molar-refractivity contribution in [1.82, 2.24) is 19.9 Å². The Kier molecular flexibility index (Phi) is 3.51. The second-order valence-corrected chi connectivity index (χ2v) is 6.35. The molecule has 1 saturated carbocycles. The summed E-state index contributed by atoms with van der Waals surface area (Å²) in [5, 5.41) is 0. The molecule has 0 atom stereocenters. The average molecular weight is 330 g/mol. The van der Waals surface area contributed by atoms with Crippen molar-refractivity contribution in [2.75, 3.05) is 6.54 Å². The second kappa shape index (κ2) is 5.58. The van der Waals surface area contributed by atoms with E-state index in [1.165, 1.54) is 6.33 Å². The van der Waals surface area contributed by atoms with Crippen molar-refractivity contribution in [2.24, 2.45) is 5.92 Å². The highest BCUT2D eigenvalue weighted by atomic mass is 19.3. The van der Waals surface area contributed by atoms with E-state index in [-0.39, 0.29) is 18.7 Å². The van der Waals surface area contributed by atoms with Crippen molar-refractivity contribution < 1.29 is 13.6 Å². The molecule has 1 fully saturated rings. The molecule has 1 aliphatic heterocycles. The molecule has 0 spiro atoms. The van der Waals surface area contributed by atoms with Gasteiger partial charge in [0.05, 0.1) is 11.4 Å². The van der Waals surface area contributed by atoms with Crippen LogP contribution in [0.3, 0.4) is 0 Å². The van der Waals surface area contributed by atoms with Crippen LogP contribution in [0.15, 0.2) is 30.9 Å².